The van der Waals surface area contributed by atoms with E-state index in [0.717, 1.165) is 11.3 Å². The van der Waals surface area contributed by atoms with Crippen molar-refractivity contribution in [1.29, 1.82) is 0 Å². The van der Waals surface area contributed by atoms with E-state index in [-0.39, 0.29) is 11.0 Å². The number of ketones is 1. The van der Waals surface area contributed by atoms with Crippen LogP contribution in [0.1, 0.15) is 34.5 Å². The average molecular weight is 270 g/mol. The molecular weight excluding hydrogens is 252 g/mol. The lowest BCUT2D eigenvalue weighted by Crippen LogP contribution is -2.05. The maximum absolute atomic E-state index is 12.3. The van der Waals surface area contributed by atoms with Gasteiger partial charge in [-0.1, -0.05) is 67.6 Å². The highest BCUT2D eigenvalue weighted by molar-refractivity contribution is 7.99. The summed E-state index contributed by atoms with van der Waals surface area (Å²) in [5.74, 6) is 1.23. The summed E-state index contributed by atoms with van der Waals surface area (Å²) in [4.78, 5) is 12.3. The number of hydrogen-bond donors (Lipinski definition) is 0. The van der Waals surface area contributed by atoms with Gasteiger partial charge in [0, 0.05) is 17.2 Å². The molecule has 98 valence electrons. The Morgan fingerprint density at radius 1 is 1.00 bits per heavy atom. The Bertz CT molecular complexity index is 507. The summed E-state index contributed by atoms with van der Waals surface area (Å²) in [6.07, 6.45) is 0.562. The van der Waals surface area contributed by atoms with E-state index in [9.17, 15) is 4.79 Å². The number of Topliss-reactive ketones (excluding diaryl/α,β-unsaturated/α-hetero) is 1. The third-order valence-corrected chi connectivity index (χ3v) is 4.18. The van der Waals surface area contributed by atoms with Crippen LogP contribution in [0, 0.1) is 0 Å². The minimum atomic E-state index is 0.218. The van der Waals surface area contributed by atoms with E-state index < -0.39 is 0 Å². The van der Waals surface area contributed by atoms with Crippen LogP contribution in [-0.4, -0.2) is 11.5 Å². The topological polar surface area (TPSA) is 17.1 Å². The Morgan fingerprint density at radius 2 is 1.58 bits per heavy atom. The second-order valence-corrected chi connectivity index (χ2v) is 5.83. The Hall–Kier alpha value is -1.54. The van der Waals surface area contributed by atoms with E-state index in [0.29, 0.717) is 6.42 Å². The molecular formula is C17H18OS. The van der Waals surface area contributed by atoms with Gasteiger partial charge in [0.2, 0.25) is 0 Å². The molecule has 0 spiro atoms. The van der Waals surface area contributed by atoms with Crippen LogP contribution in [0.5, 0.6) is 0 Å². The molecule has 0 aliphatic rings. The monoisotopic (exact) mass is 270 g/mol. The van der Waals surface area contributed by atoms with Crippen molar-refractivity contribution in [2.24, 2.45) is 0 Å². The quantitative estimate of drug-likeness (QED) is 0.704. The summed E-state index contributed by atoms with van der Waals surface area (Å²) in [5, 5.41) is 0.249. The molecule has 1 nitrogen and oxygen atoms in total. The summed E-state index contributed by atoms with van der Waals surface area (Å²) in [6, 6.07) is 19.8. The molecule has 0 bridgehead atoms. The molecule has 0 N–H and O–H groups in total. The summed E-state index contributed by atoms with van der Waals surface area (Å²) in [5.41, 5.74) is 2.04. The molecule has 2 aromatic carbocycles. The zero-order valence-corrected chi connectivity index (χ0v) is 11.9. The van der Waals surface area contributed by atoms with Crippen LogP contribution in [0.25, 0.3) is 0 Å². The number of rotatable bonds is 6. The lowest BCUT2D eigenvalue weighted by Gasteiger charge is -2.15. The molecule has 2 rings (SSSR count). The summed E-state index contributed by atoms with van der Waals surface area (Å²) in [7, 11) is 0. The number of thioether (sulfide) groups is 1. The fourth-order valence-electron chi connectivity index (χ4n) is 2.05. The van der Waals surface area contributed by atoms with Crippen molar-refractivity contribution < 1.29 is 4.79 Å². The molecule has 0 unspecified atom stereocenters. The first kappa shape index (κ1) is 13.9. The number of hydrogen-bond acceptors (Lipinski definition) is 2. The van der Waals surface area contributed by atoms with Gasteiger partial charge in [0.05, 0.1) is 0 Å². The van der Waals surface area contributed by atoms with Gasteiger partial charge in [0.1, 0.15) is 0 Å². The van der Waals surface area contributed by atoms with Crippen molar-refractivity contribution in [3.05, 3.63) is 71.8 Å². The molecule has 0 fully saturated rings. The molecule has 0 aliphatic carbocycles. The second kappa shape index (κ2) is 7.15. The molecule has 0 heterocycles. The van der Waals surface area contributed by atoms with E-state index >= 15 is 0 Å². The molecule has 2 aromatic rings. The Morgan fingerprint density at radius 3 is 2.16 bits per heavy atom. The number of benzene rings is 2. The van der Waals surface area contributed by atoms with Crippen molar-refractivity contribution in [3.8, 4) is 0 Å². The number of carbonyl (C=O) groups excluding carboxylic acids is 1. The third kappa shape index (κ3) is 3.97. The van der Waals surface area contributed by atoms with Crippen molar-refractivity contribution in [2.45, 2.75) is 18.6 Å². The summed E-state index contributed by atoms with van der Waals surface area (Å²) in [6.45, 7) is 2.13. The first-order valence-electron chi connectivity index (χ1n) is 6.56. The Balaban J connectivity index is 2.11. The van der Waals surface area contributed by atoms with Crippen LogP contribution in [0.15, 0.2) is 60.7 Å². The van der Waals surface area contributed by atoms with E-state index in [1.807, 2.05) is 60.3 Å². The zero-order valence-electron chi connectivity index (χ0n) is 11.1. The SMILES string of the molecule is CCS[C@@H](CC(=O)c1ccccc1)c1ccccc1. The lowest BCUT2D eigenvalue weighted by molar-refractivity contribution is 0.0982. The Kier molecular flexibility index (Phi) is 5.22. The van der Waals surface area contributed by atoms with Gasteiger partial charge in [-0.2, -0.15) is 11.8 Å². The molecule has 0 amide bonds. The van der Waals surface area contributed by atoms with Crippen LogP contribution in [0.4, 0.5) is 0 Å². The zero-order chi connectivity index (χ0) is 13.5. The van der Waals surface area contributed by atoms with Gasteiger partial charge < -0.3 is 0 Å². The first-order chi connectivity index (χ1) is 9.31. The first-order valence-corrected chi connectivity index (χ1v) is 7.61. The van der Waals surface area contributed by atoms with Crippen LogP contribution >= 0.6 is 11.8 Å². The van der Waals surface area contributed by atoms with Gasteiger partial charge in [-0.25, -0.2) is 0 Å². The molecule has 0 saturated heterocycles. The third-order valence-electron chi connectivity index (χ3n) is 3.01. The lowest BCUT2D eigenvalue weighted by atomic mass is 10.0. The molecule has 0 saturated carbocycles. The van der Waals surface area contributed by atoms with E-state index in [1.165, 1.54) is 5.56 Å². The predicted molar refractivity (Wildman–Crippen MR) is 82.7 cm³/mol. The normalized spacial score (nSPS) is 12.1. The largest absolute Gasteiger partial charge is 0.294 e. The van der Waals surface area contributed by atoms with Crippen LogP contribution in [0.2, 0.25) is 0 Å². The standard InChI is InChI=1S/C17H18OS/c1-2-19-17(15-11-7-4-8-12-15)13-16(18)14-9-5-3-6-10-14/h3-12,17H,2,13H2,1H3/t17-/m0/s1. The maximum atomic E-state index is 12.3. The average Bonchev–Trinajstić information content (AvgIpc) is 2.48. The van der Waals surface area contributed by atoms with Crippen molar-refractivity contribution in [1.82, 2.24) is 0 Å². The molecule has 19 heavy (non-hydrogen) atoms. The van der Waals surface area contributed by atoms with Crippen molar-refractivity contribution in [2.75, 3.05) is 5.75 Å². The van der Waals surface area contributed by atoms with Gasteiger partial charge in [-0.05, 0) is 11.3 Å². The minimum absolute atomic E-state index is 0.218. The van der Waals surface area contributed by atoms with E-state index in [2.05, 4.69) is 19.1 Å². The van der Waals surface area contributed by atoms with E-state index in [4.69, 9.17) is 0 Å². The summed E-state index contributed by atoms with van der Waals surface area (Å²) >= 11 is 1.83. The van der Waals surface area contributed by atoms with Crippen LogP contribution in [0.3, 0.4) is 0 Å². The highest BCUT2D eigenvalue weighted by atomic mass is 32.2. The molecule has 2 heteroatoms. The smallest absolute Gasteiger partial charge is 0.164 e. The minimum Gasteiger partial charge on any atom is -0.294 e. The molecule has 0 aromatic heterocycles. The van der Waals surface area contributed by atoms with Gasteiger partial charge in [0.15, 0.2) is 5.78 Å². The van der Waals surface area contributed by atoms with Crippen LogP contribution < -0.4 is 0 Å². The second-order valence-electron chi connectivity index (χ2n) is 4.35. The Labute approximate surface area is 119 Å². The van der Waals surface area contributed by atoms with Gasteiger partial charge in [-0.15, -0.1) is 0 Å². The van der Waals surface area contributed by atoms with Crippen LogP contribution in [-0.2, 0) is 0 Å². The molecule has 0 radical (unpaired) electrons. The van der Waals surface area contributed by atoms with E-state index in [1.54, 1.807) is 0 Å². The number of carbonyl (C=O) groups is 1. The summed E-state index contributed by atoms with van der Waals surface area (Å²) < 4.78 is 0. The van der Waals surface area contributed by atoms with Gasteiger partial charge >= 0.3 is 0 Å². The predicted octanol–water partition coefficient (Wildman–Crippen LogP) is 4.75. The fraction of sp³-hybridized carbons (Fsp3) is 0.235. The van der Waals surface area contributed by atoms with Gasteiger partial charge in [0.25, 0.3) is 0 Å². The highest BCUT2D eigenvalue weighted by Crippen LogP contribution is 2.32. The fourth-order valence-corrected chi connectivity index (χ4v) is 3.07. The molecule has 1 atom stereocenters. The van der Waals surface area contributed by atoms with Crippen molar-refractivity contribution >= 4 is 17.5 Å². The maximum Gasteiger partial charge on any atom is 0.164 e. The highest BCUT2D eigenvalue weighted by Gasteiger charge is 2.16. The molecule has 0 aliphatic heterocycles. The van der Waals surface area contributed by atoms with Crippen molar-refractivity contribution in [3.63, 3.8) is 0 Å². The van der Waals surface area contributed by atoms with Gasteiger partial charge in [-0.3, -0.25) is 4.79 Å².